The number of carbonyl (C=O) groups is 1. The molecule has 7 heteroatoms. The zero-order valence-electron chi connectivity index (χ0n) is 22.0. The Morgan fingerprint density at radius 1 is 1.08 bits per heavy atom. The molecule has 3 rings (SSSR count). The van der Waals surface area contributed by atoms with Gasteiger partial charge in [0.05, 0.1) is 19.6 Å². The topological polar surface area (TPSA) is 59.0 Å². The van der Waals surface area contributed by atoms with Gasteiger partial charge in [-0.3, -0.25) is 4.79 Å². The highest BCUT2D eigenvalue weighted by Gasteiger charge is 2.45. The summed E-state index contributed by atoms with van der Waals surface area (Å²) in [4.78, 5) is 15.0. The molecule has 2 aromatic carbocycles. The van der Waals surface area contributed by atoms with E-state index < -0.39 is 11.4 Å². The number of hydrogen-bond donors (Lipinski definition) is 1. The van der Waals surface area contributed by atoms with E-state index in [2.05, 4.69) is 18.9 Å². The number of carboxylic acid groups (broad SMARTS) is 1. The molecule has 2 aromatic rings. The molecule has 0 saturated heterocycles. The lowest BCUT2D eigenvalue weighted by Gasteiger charge is -2.41. The van der Waals surface area contributed by atoms with Crippen molar-refractivity contribution in [2.24, 2.45) is 11.3 Å². The molecule has 0 bridgehead atoms. The van der Waals surface area contributed by atoms with Gasteiger partial charge in [-0.2, -0.15) is 0 Å². The first-order valence-corrected chi connectivity index (χ1v) is 12.7. The molecule has 0 amide bonds. The van der Waals surface area contributed by atoms with E-state index in [1.165, 1.54) is 6.07 Å². The molecule has 1 unspecified atom stereocenters. The molecule has 2 atom stereocenters. The SMILES string of the molecule is CCCCC(CCN(C)CCc1ccc(OC)c(OC)c1)(C(=O)O)[C@@H]1CCc2cc(F)ccc2C1.Cl. The van der Waals surface area contributed by atoms with Crippen LogP contribution in [0.1, 0.15) is 55.7 Å². The summed E-state index contributed by atoms with van der Waals surface area (Å²) in [6.45, 7) is 3.66. The fraction of sp³-hybridized carbons (Fsp3) is 0.552. The average Bonchev–Trinajstić information content (AvgIpc) is 2.87. The predicted octanol–water partition coefficient (Wildman–Crippen LogP) is 6.20. The summed E-state index contributed by atoms with van der Waals surface area (Å²) in [6, 6.07) is 10.9. The maximum Gasteiger partial charge on any atom is 0.309 e. The number of hydrogen-bond acceptors (Lipinski definition) is 4. The number of benzene rings is 2. The van der Waals surface area contributed by atoms with Crippen LogP contribution in [-0.2, 0) is 24.1 Å². The van der Waals surface area contributed by atoms with E-state index in [4.69, 9.17) is 9.47 Å². The Kier molecular flexibility index (Phi) is 11.5. The van der Waals surface area contributed by atoms with Crippen molar-refractivity contribution in [3.8, 4) is 11.5 Å². The molecule has 36 heavy (non-hydrogen) atoms. The van der Waals surface area contributed by atoms with Crippen LogP contribution < -0.4 is 9.47 Å². The highest BCUT2D eigenvalue weighted by molar-refractivity contribution is 5.85. The average molecular weight is 522 g/mol. The quantitative estimate of drug-likeness (QED) is 0.340. The van der Waals surface area contributed by atoms with Gasteiger partial charge in [-0.25, -0.2) is 4.39 Å². The smallest absolute Gasteiger partial charge is 0.309 e. The third kappa shape index (κ3) is 7.13. The molecule has 5 nitrogen and oxygen atoms in total. The Bertz CT molecular complexity index is 1000. The molecule has 0 spiro atoms. The number of ether oxygens (including phenoxy) is 2. The van der Waals surface area contributed by atoms with E-state index >= 15 is 0 Å². The van der Waals surface area contributed by atoms with Gasteiger partial charge in [0.1, 0.15) is 5.82 Å². The summed E-state index contributed by atoms with van der Waals surface area (Å²) in [5, 5.41) is 10.5. The number of nitrogens with zero attached hydrogens (tertiary/aromatic N) is 1. The maximum atomic E-state index is 13.7. The summed E-state index contributed by atoms with van der Waals surface area (Å²) in [5.74, 6) is 0.588. The number of fused-ring (bicyclic) bond motifs is 1. The van der Waals surface area contributed by atoms with Crippen LogP contribution in [0.4, 0.5) is 4.39 Å². The van der Waals surface area contributed by atoms with Crippen molar-refractivity contribution >= 4 is 18.4 Å². The summed E-state index contributed by atoms with van der Waals surface area (Å²) >= 11 is 0. The van der Waals surface area contributed by atoms with E-state index in [0.29, 0.717) is 25.0 Å². The van der Waals surface area contributed by atoms with Crippen molar-refractivity contribution < 1.29 is 23.8 Å². The van der Waals surface area contributed by atoms with E-state index in [9.17, 15) is 14.3 Å². The molecule has 0 aliphatic heterocycles. The first-order valence-electron chi connectivity index (χ1n) is 12.7. The molecule has 1 aliphatic carbocycles. The molecular formula is C29H41ClFNO4. The van der Waals surface area contributed by atoms with Crippen molar-refractivity contribution in [3.63, 3.8) is 0 Å². The minimum Gasteiger partial charge on any atom is -0.493 e. The molecule has 0 aromatic heterocycles. The minimum atomic E-state index is -0.764. The zero-order valence-corrected chi connectivity index (χ0v) is 22.8. The number of aliphatic carboxylic acids is 1. The van der Waals surface area contributed by atoms with Crippen LogP contribution in [-0.4, -0.2) is 50.3 Å². The molecule has 0 fully saturated rings. The van der Waals surface area contributed by atoms with Crippen LogP contribution in [0.5, 0.6) is 11.5 Å². The third-order valence-corrected chi connectivity index (χ3v) is 7.75. The second kappa shape index (κ2) is 13.8. The van der Waals surface area contributed by atoms with Crippen LogP contribution in [0.25, 0.3) is 0 Å². The number of aryl methyl sites for hydroxylation is 1. The normalized spacial score (nSPS) is 16.6. The fourth-order valence-corrected chi connectivity index (χ4v) is 5.47. The van der Waals surface area contributed by atoms with Crippen LogP contribution in [0.2, 0.25) is 0 Å². The highest BCUT2D eigenvalue weighted by Crippen LogP contribution is 2.44. The van der Waals surface area contributed by atoms with Crippen LogP contribution in [0, 0.1) is 17.2 Å². The van der Waals surface area contributed by atoms with Gasteiger partial charge in [-0.05, 0) is 99.0 Å². The van der Waals surface area contributed by atoms with Crippen molar-refractivity contribution in [1.82, 2.24) is 4.90 Å². The number of unbranched alkanes of at least 4 members (excludes halogenated alkanes) is 1. The van der Waals surface area contributed by atoms with Crippen molar-refractivity contribution in [1.29, 1.82) is 0 Å². The summed E-state index contributed by atoms with van der Waals surface area (Å²) in [7, 11) is 5.32. The van der Waals surface area contributed by atoms with Crippen LogP contribution in [0.3, 0.4) is 0 Å². The summed E-state index contributed by atoms with van der Waals surface area (Å²) < 4.78 is 24.4. The lowest BCUT2D eigenvalue weighted by atomic mass is 9.63. The lowest BCUT2D eigenvalue weighted by molar-refractivity contribution is -0.155. The Balaban J connectivity index is 0.00000456. The second-order valence-corrected chi connectivity index (χ2v) is 9.91. The van der Waals surface area contributed by atoms with E-state index in [1.54, 1.807) is 20.3 Å². The predicted molar refractivity (Wildman–Crippen MR) is 144 cm³/mol. The van der Waals surface area contributed by atoms with E-state index in [-0.39, 0.29) is 24.1 Å². The first-order chi connectivity index (χ1) is 16.8. The van der Waals surface area contributed by atoms with Crippen LogP contribution in [0.15, 0.2) is 36.4 Å². The first kappa shape index (κ1) is 29.9. The van der Waals surface area contributed by atoms with E-state index in [0.717, 1.165) is 67.6 Å². The van der Waals surface area contributed by atoms with Gasteiger partial charge >= 0.3 is 5.97 Å². The fourth-order valence-electron chi connectivity index (χ4n) is 5.47. The van der Waals surface area contributed by atoms with Crippen molar-refractivity contribution in [3.05, 3.63) is 58.9 Å². The Labute approximate surface area is 221 Å². The maximum absolute atomic E-state index is 13.7. The molecule has 1 aliphatic rings. The third-order valence-electron chi connectivity index (χ3n) is 7.75. The molecule has 1 N–H and O–H groups in total. The largest absolute Gasteiger partial charge is 0.493 e. The van der Waals surface area contributed by atoms with Gasteiger partial charge in [0.15, 0.2) is 11.5 Å². The highest BCUT2D eigenvalue weighted by atomic mass is 35.5. The molecular weight excluding hydrogens is 481 g/mol. The van der Waals surface area contributed by atoms with Crippen molar-refractivity contribution in [2.75, 3.05) is 34.4 Å². The van der Waals surface area contributed by atoms with Crippen LogP contribution >= 0.6 is 12.4 Å². The molecule has 200 valence electrons. The van der Waals surface area contributed by atoms with E-state index in [1.807, 2.05) is 24.3 Å². The van der Waals surface area contributed by atoms with Gasteiger partial charge in [0.2, 0.25) is 0 Å². The Morgan fingerprint density at radius 2 is 1.83 bits per heavy atom. The number of likely N-dealkylation sites (N-methyl/N-ethyl adjacent to an activating group) is 1. The second-order valence-electron chi connectivity index (χ2n) is 9.91. The summed E-state index contributed by atoms with van der Waals surface area (Å²) in [6.07, 6.45) is 6.26. The Hall–Kier alpha value is -2.31. The van der Waals surface area contributed by atoms with Gasteiger partial charge in [-0.1, -0.05) is 31.9 Å². The molecule has 0 heterocycles. The lowest BCUT2D eigenvalue weighted by Crippen LogP contribution is -2.44. The molecule has 0 saturated carbocycles. The number of rotatable bonds is 13. The zero-order chi connectivity index (χ0) is 25.4. The minimum absolute atomic E-state index is 0. The standard InChI is InChI=1S/C29H40FNO4.ClH/c1-5-6-14-29(28(32)33,24-10-8-23-20-25(30)11-9-22(23)19-24)15-17-31(2)16-13-21-7-12-26(34-3)27(18-21)35-4;/h7,9,11-12,18,20,24H,5-6,8,10,13-17,19H2,1-4H3,(H,32,33);1H/t24-,29?;/m1./s1. The van der Waals surface area contributed by atoms with Gasteiger partial charge < -0.3 is 19.5 Å². The molecule has 0 radical (unpaired) electrons. The monoisotopic (exact) mass is 521 g/mol. The summed E-state index contributed by atoms with van der Waals surface area (Å²) in [5.41, 5.74) is 2.52. The van der Waals surface area contributed by atoms with Gasteiger partial charge in [0.25, 0.3) is 0 Å². The number of halogens is 2. The van der Waals surface area contributed by atoms with Crippen molar-refractivity contribution in [2.45, 2.75) is 58.3 Å². The Morgan fingerprint density at radius 3 is 2.50 bits per heavy atom. The number of methoxy groups -OCH3 is 2. The number of carboxylic acids is 1. The van der Waals surface area contributed by atoms with Gasteiger partial charge in [0, 0.05) is 6.54 Å². The van der Waals surface area contributed by atoms with Gasteiger partial charge in [-0.15, -0.1) is 12.4 Å².